The van der Waals surface area contributed by atoms with Crippen molar-refractivity contribution in [3.8, 4) is 11.3 Å². The number of ether oxygens (including phenoxy) is 1. The molecule has 43 heavy (non-hydrogen) atoms. The van der Waals surface area contributed by atoms with Gasteiger partial charge in [-0.25, -0.2) is 24.1 Å². The molecule has 10 heteroatoms. The van der Waals surface area contributed by atoms with Gasteiger partial charge in [0.25, 0.3) is 5.91 Å². The van der Waals surface area contributed by atoms with Gasteiger partial charge in [0, 0.05) is 54.9 Å². The lowest BCUT2D eigenvalue weighted by Crippen LogP contribution is -2.50. The summed E-state index contributed by atoms with van der Waals surface area (Å²) in [4.78, 5) is 39.6. The van der Waals surface area contributed by atoms with Crippen LogP contribution in [0.5, 0.6) is 0 Å². The summed E-state index contributed by atoms with van der Waals surface area (Å²) in [7, 11) is 0. The summed E-state index contributed by atoms with van der Waals surface area (Å²) in [6, 6.07) is 12.2. The van der Waals surface area contributed by atoms with E-state index in [2.05, 4.69) is 47.0 Å². The van der Waals surface area contributed by atoms with E-state index in [0.29, 0.717) is 30.0 Å². The molecule has 1 saturated heterocycles. The molecule has 222 valence electrons. The quantitative estimate of drug-likeness (QED) is 0.296. The molecule has 1 N–H and O–H groups in total. The highest BCUT2D eigenvalue weighted by Crippen LogP contribution is 2.48. The summed E-state index contributed by atoms with van der Waals surface area (Å²) in [6.07, 6.45) is 8.02. The molecule has 3 aliphatic rings. The second-order valence-electron chi connectivity index (χ2n) is 12.9. The second-order valence-corrected chi connectivity index (χ2v) is 12.9. The first-order valence-electron chi connectivity index (χ1n) is 14.9. The van der Waals surface area contributed by atoms with E-state index in [-0.39, 0.29) is 23.8 Å². The van der Waals surface area contributed by atoms with Gasteiger partial charge < -0.3 is 15.0 Å². The predicted molar refractivity (Wildman–Crippen MR) is 161 cm³/mol. The standard InChI is InChI=1S/C33H35FN6O3/c1-32(2,3)37-28-10-9-23(18-35-28)38-15-12-33(13-16-38,21-7-8-21)43-31(42)40-20-26-24(5-4-6-25(26)30(40)41)27-19-36-29-17-22(34)11-14-39(27)29/h4-6,9-11,14,17-19,21H,7-8,12-13,15-16,20H2,1-3H3,(H,35,37). The summed E-state index contributed by atoms with van der Waals surface area (Å²) in [5, 5.41) is 3.39. The van der Waals surface area contributed by atoms with Crippen LogP contribution in [-0.2, 0) is 11.3 Å². The lowest BCUT2D eigenvalue weighted by atomic mass is 9.86. The van der Waals surface area contributed by atoms with Gasteiger partial charge in [-0.1, -0.05) is 12.1 Å². The Kier molecular flexibility index (Phi) is 6.41. The zero-order valence-electron chi connectivity index (χ0n) is 24.6. The molecule has 2 aliphatic heterocycles. The van der Waals surface area contributed by atoms with Gasteiger partial charge in [0.1, 0.15) is 22.9 Å². The van der Waals surface area contributed by atoms with Crippen LogP contribution < -0.4 is 10.2 Å². The van der Waals surface area contributed by atoms with E-state index in [9.17, 15) is 14.0 Å². The Morgan fingerprint density at radius 3 is 2.51 bits per heavy atom. The SMILES string of the molecule is CC(C)(C)Nc1ccc(N2CCC(OC(=O)N3Cc4c(cccc4-c4cnc5cc(F)ccn45)C3=O)(C3CC3)CC2)cn1. The van der Waals surface area contributed by atoms with E-state index in [0.717, 1.165) is 54.3 Å². The fourth-order valence-corrected chi connectivity index (χ4v) is 6.48. The first kappa shape index (κ1) is 27.4. The van der Waals surface area contributed by atoms with Crippen LogP contribution in [0.15, 0.2) is 61.1 Å². The lowest BCUT2D eigenvalue weighted by molar-refractivity contribution is -0.0379. The van der Waals surface area contributed by atoms with Crippen LogP contribution in [0.4, 0.5) is 20.7 Å². The lowest BCUT2D eigenvalue weighted by Gasteiger charge is -2.42. The van der Waals surface area contributed by atoms with Gasteiger partial charge in [-0.15, -0.1) is 0 Å². The molecular weight excluding hydrogens is 547 g/mol. The van der Waals surface area contributed by atoms with E-state index < -0.39 is 11.7 Å². The Morgan fingerprint density at radius 2 is 1.81 bits per heavy atom. The zero-order chi connectivity index (χ0) is 29.9. The van der Waals surface area contributed by atoms with Crippen molar-refractivity contribution in [1.82, 2.24) is 19.3 Å². The minimum atomic E-state index is -0.591. The van der Waals surface area contributed by atoms with Crippen molar-refractivity contribution in [3.05, 3.63) is 78.0 Å². The number of halogens is 1. The highest BCUT2D eigenvalue weighted by atomic mass is 19.1. The van der Waals surface area contributed by atoms with Crippen molar-refractivity contribution >= 4 is 29.2 Å². The van der Waals surface area contributed by atoms with Gasteiger partial charge in [0.15, 0.2) is 0 Å². The number of imide groups is 1. The van der Waals surface area contributed by atoms with Gasteiger partial charge >= 0.3 is 6.09 Å². The van der Waals surface area contributed by atoms with E-state index in [1.165, 1.54) is 17.0 Å². The molecule has 1 aliphatic carbocycles. The van der Waals surface area contributed by atoms with E-state index in [1.54, 1.807) is 28.9 Å². The first-order chi connectivity index (χ1) is 20.6. The number of aromatic nitrogens is 3. The summed E-state index contributed by atoms with van der Waals surface area (Å²) < 4.78 is 21.8. The Bertz CT molecular complexity index is 1710. The summed E-state index contributed by atoms with van der Waals surface area (Å²) in [6.45, 7) is 7.90. The van der Waals surface area contributed by atoms with Crippen LogP contribution in [0.2, 0.25) is 0 Å². The van der Waals surface area contributed by atoms with Crippen molar-refractivity contribution in [1.29, 1.82) is 0 Å². The first-order valence-corrected chi connectivity index (χ1v) is 14.9. The number of rotatable bonds is 5. The van der Waals surface area contributed by atoms with Crippen LogP contribution in [0, 0.1) is 11.7 Å². The molecule has 3 aromatic heterocycles. The monoisotopic (exact) mass is 582 g/mol. The van der Waals surface area contributed by atoms with Crippen molar-refractivity contribution in [2.75, 3.05) is 23.3 Å². The number of fused-ring (bicyclic) bond motifs is 2. The molecule has 1 aromatic carbocycles. The number of carbonyl (C=O) groups excluding carboxylic acids is 2. The molecule has 7 rings (SSSR count). The van der Waals surface area contributed by atoms with Crippen LogP contribution in [-0.4, -0.2) is 55.5 Å². The molecule has 2 fully saturated rings. The minimum Gasteiger partial charge on any atom is -0.442 e. The Balaban J connectivity index is 1.07. The number of imidazole rings is 1. The Hall–Kier alpha value is -4.47. The van der Waals surface area contributed by atoms with Gasteiger partial charge in [-0.3, -0.25) is 9.20 Å². The van der Waals surface area contributed by atoms with Gasteiger partial charge in [-0.2, -0.15) is 0 Å². The molecule has 9 nitrogen and oxygen atoms in total. The second kappa shape index (κ2) is 10.1. The van der Waals surface area contributed by atoms with E-state index in [1.807, 2.05) is 18.3 Å². The average molecular weight is 583 g/mol. The maximum absolute atomic E-state index is 13.8. The number of nitrogens with one attached hydrogen (secondary N) is 1. The van der Waals surface area contributed by atoms with Crippen LogP contribution in [0.25, 0.3) is 16.9 Å². The predicted octanol–water partition coefficient (Wildman–Crippen LogP) is 6.29. The topological polar surface area (TPSA) is 92.1 Å². The molecule has 0 radical (unpaired) electrons. The largest absolute Gasteiger partial charge is 0.442 e. The van der Waals surface area contributed by atoms with Crippen molar-refractivity contribution in [3.63, 3.8) is 0 Å². The highest BCUT2D eigenvalue weighted by Gasteiger charge is 2.51. The van der Waals surface area contributed by atoms with Gasteiger partial charge in [-0.05, 0) is 69.4 Å². The molecule has 0 bridgehead atoms. The number of carbonyl (C=O) groups is 2. The third-order valence-electron chi connectivity index (χ3n) is 8.78. The van der Waals surface area contributed by atoms with E-state index >= 15 is 0 Å². The normalized spacial score (nSPS) is 18.2. The van der Waals surface area contributed by atoms with Crippen LogP contribution in [0.1, 0.15) is 62.4 Å². The zero-order valence-corrected chi connectivity index (χ0v) is 24.6. The summed E-state index contributed by atoms with van der Waals surface area (Å²) in [5.41, 5.74) is 3.58. The number of nitrogens with zero attached hydrogens (tertiary/aromatic N) is 5. The molecular formula is C33H35FN6O3. The molecule has 0 spiro atoms. The number of amides is 2. The number of anilines is 2. The van der Waals surface area contributed by atoms with Crippen LogP contribution in [0.3, 0.4) is 0 Å². The maximum Gasteiger partial charge on any atom is 0.417 e. The van der Waals surface area contributed by atoms with Crippen molar-refractivity contribution in [2.45, 2.75) is 64.1 Å². The molecule has 5 heterocycles. The number of hydrogen-bond donors (Lipinski definition) is 1. The third kappa shape index (κ3) is 5.08. The minimum absolute atomic E-state index is 0.0677. The average Bonchev–Trinajstić information content (AvgIpc) is 3.68. The van der Waals surface area contributed by atoms with E-state index in [4.69, 9.17) is 4.74 Å². The summed E-state index contributed by atoms with van der Waals surface area (Å²) in [5.74, 6) is 0.416. The van der Waals surface area contributed by atoms with Crippen molar-refractivity contribution < 1.29 is 18.7 Å². The molecule has 0 unspecified atom stereocenters. The fourth-order valence-electron chi connectivity index (χ4n) is 6.48. The Morgan fingerprint density at radius 1 is 1.05 bits per heavy atom. The fraction of sp³-hybridized carbons (Fsp3) is 0.394. The number of benzene rings is 1. The number of pyridine rings is 2. The summed E-state index contributed by atoms with van der Waals surface area (Å²) >= 11 is 0. The van der Waals surface area contributed by atoms with Crippen LogP contribution >= 0.6 is 0 Å². The van der Waals surface area contributed by atoms with Gasteiger partial charge in [0.2, 0.25) is 0 Å². The Labute approximate surface area is 249 Å². The number of piperidine rings is 1. The smallest absolute Gasteiger partial charge is 0.417 e. The van der Waals surface area contributed by atoms with Gasteiger partial charge in [0.05, 0.1) is 30.3 Å². The number of hydrogen-bond acceptors (Lipinski definition) is 7. The third-order valence-corrected chi connectivity index (χ3v) is 8.78. The molecule has 2 amide bonds. The maximum atomic E-state index is 13.8. The van der Waals surface area contributed by atoms with Crippen molar-refractivity contribution in [2.24, 2.45) is 5.92 Å². The molecule has 4 aromatic rings. The highest BCUT2D eigenvalue weighted by molar-refractivity contribution is 6.07. The molecule has 0 atom stereocenters. The molecule has 1 saturated carbocycles.